The van der Waals surface area contributed by atoms with Gasteiger partial charge in [-0.15, -0.1) is 24.0 Å². The summed E-state index contributed by atoms with van der Waals surface area (Å²) >= 11 is 0. The zero-order valence-corrected chi connectivity index (χ0v) is 18.8. The summed E-state index contributed by atoms with van der Waals surface area (Å²) in [6.07, 6.45) is 10.6. The molecule has 2 unspecified atom stereocenters. The number of halogens is 1. The van der Waals surface area contributed by atoms with Gasteiger partial charge in [0.15, 0.2) is 5.96 Å². The van der Waals surface area contributed by atoms with E-state index >= 15 is 0 Å². The third-order valence-electron chi connectivity index (χ3n) is 7.49. The molecule has 0 amide bonds. The number of nitrogens with one attached hydrogen (secondary N) is 1. The lowest BCUT2D eigenvalue weighted by Gasteiger charge is -2.54. The van der Waals surface area contributed by atoms with Gasteiger partial charge in [0.25, 0.3) is 0 Å². The van der Waals surface area contributed by atoms with Crippen molar-refractivity contribution in [3.8, 4) is 0 Å². The average molecular weight is 477 g/mol. The molecule has 1 N–H and O–H groups in total. The molecule has 5 nitrogen and oxygen atoms in total. The first-order valence-electron chi connectivity index (χ1n) is 10.4. The molecule has 0 radical (unpaired) electrons. The van der Waals surface area contributed by atoms with Gasteiger partial charge in [0.05, 0.1) is 6.10 Å². The second-order valence-electron chi connectivity index (χ2n) is 8.65. The van der Waals surface area contributed by atoms with E-state index in [2.05, 4.69) is 22.1 Å². The van der Waals surface area contributed by atoms with E-state index < -0.39 is 0 Å². The molecule has 26 heavy (non-hydrogen) atoms. The Labute approximate surface area is 175 Å². The Kier molecular flexibility index (Phi) is 6.76. The van der Waals surface area contributed by atoms with Gasteiger partial charge >= 0.3 is 0 Å². The normalized spacial score (nSPS) is 32.5. The standard InChI is InChI=1S/C20H35N3O2.HI/c1-3-25-17-14-16(20(17)6-4-5-7-20)22-18(21-2)23-11-8-19(15-23)9-12-24-13-10-19;/h16-17H,3-15H2,1-2H3,(H,21,22);1H. The van der Waals surface area contributed by atoms with Crippen LogP contribution in [0.4, 0.5) is 0 Å². The minimum absolute atomic E-state index is 0. The van der Waals surface area contributed by atoms with Gasteiger partial charge < -0.3 is 19.7 Å². The van der Waals surface area contributed by atoms with Crippen molar-refractivity contribution in [3.63, 3.8) is 0 Å². The smallest absolute Gasteiger partial charge is 0.193 e. The van der Waals surface area contributed by atoms with Crippen molar-refractivity contribution in [1.82, 2.24) is 10.2 Å². The number of ether oxygens (including phenoxy) is 2. The molecule has 2 aliphatic carbocycles. The maximum absolute atomic E-state index is 6.07. The summed E-state index contributed by atoms with van der Waals surface area (Å²) in [5.74, 6) is 1.12. The van der Waals surface area contributed by atoms with Gasteiger partial charge in [-0.3, -0.25) is 4.99 Å². The third-order valence-corrected chi connectivity index (χ3v) is 7.49. The highest BCUT2D eigenvalue weighted by Crippen LogP contribution is 2.54. The van der Waals surface area contributed by atoms with Crippen molar-refractivity contribution in [2.24, 2.45) is 15.8 Å². The molecule has 2 saturated carbocycles. The van der Waals surface area contributed by atoms with Crippen LogP contribution in [0.5, 0.6) is 0 Å². The van der Waals surface area contributed by atoms with Crippen molar-refractivity contribution in [1.29, 1.82) is 0 Å². The number of guanidine groups is 1. The van der Waals surface area contributed by atoms with E-state index in [1.54, 1.807) is 0 Å². The molecule has 2 saturated heterocycles. The summed E-state index contributed by atoms with van der Waals surface area (Å²) in [6, 6.07) is 0.538. The second-order valence-corrected chi connectivity index (χ2v) is 8.65. The van der Waals surface area contributed by atoms with Gasteiger partial charge in [0.1, 0.15) is 0 Å². The fraction of sp³-hybridized carbons (Fsp3) is 0.950. The van der Waals surface area contributed by atoms with Crippen LogP contribution in [0.3, 0.4) is 0 Å². The summed E-state index contributed by atoms with van der Waals surface area (Å²) in [5.41, 5.74) is 0.830. The lowest BCUT2D eigenvalue weighted by molar-refractivity contribution is -0.126. The SMILES string of the molecule is CCOC1CC(NC(=NC)N2CCC3(CCOCC3)C2)C12CCCC2.I. The zero-order valence-electron chi connectivity index (χ0n) is 16.5. The summed E-state index contributed by atoms with van der Waals surface area (Å²) < 4.78 is 11.7. The summed E-state index contributed by atoms with van der Waals surface area (Å²) in [7, 11) is 1.94. The molecule has 0 bridgehead atoms. The molecular weight excluding hydrogens is 441 g/mol. The van der Waals surface area contributed by atoms with Crippen molar-refractivity contribution < 1.29 is 9.47 Å². The van der Waals surface area contributed by atoms with Crippen LogP contribution in [0, 0.1) is 10.8 Å². The molecule has 0 aromatic carbocycles. The van der Waals surface area contributed by atoms with Crippen LogP contribution >= 0.6 is 24.0 Å². The molecule has 4 rings (SSSR count). The van der Waals surface area contributed by atoms with Crippen LogP contribution in [-0.4, -0.2) is 63.0 Å². The van der Waals surface area contributed by atoms with Crippen molar-refractivity contribution >= 4 is 29.9 Å². The Balaban J connectivity index is 0.00000196. The number of aliphatic imine (C=N–C) groups is 1. The Morgan fingerprint density at radius 3 is 2.58 bits per heavy atom. The van der Waals surface area contributed by atoms with E-state index in [9.17, 15) is 0 Å². The fourth-order valence-electron chi connectivity index (χ4n) is 5.87. The van der Waals surface area contributed by atoms with Crippen LogP contribution in [0.1, 0.15) is 58.3 Å². The van der Waals surface area contributed by atoms with Gasteiger partial charge in [0.2, 0.25) is 0 Å². The van der Waals surface area contributed by atoms with Crippen LogP contribution in [0.2, 0.25) is 0 Å². The molecular formula is C20H36IN3O2. The monoisotopic (exact) mass is 477 g/mol. The number of hydrogen-bond donors (Lipinski definition) is 1. The number of nitrogens with zero attached hydrogens (tertiary/aromatic N) is 2. The van der Waals surface area contributed by atoms with Crippen molar-refractivity contribution in [2.45, 2.75) is 70.4 Å². The first kappa shape index (κ1) is 20.6. The van der Waals surface area contributed by atoms with Crippen LogP contribution in [0.25, 0.3) is 0 Å². The molecule has 2 atom stereocenters. The molecule has 0 aromatic heterocycles. The van der Waals surface area contributed by atoms with Crippen molar-refractivity contribution in [3.05, 3.63) is 0 Å². The molecule has 2 heterocycles. The maximum Gasteiger partial charge on any atom is 0.193 e. The second kappa shape index (κ2) is 8.52. The summed E-state index contributed by atoms with van der Waals surface area (Å²) in [4.78, 5) is 7.16. The van der Waals surface area contributed by atoms with Gasteiger partial charge in [-0.25, -0.2) is 0 Å². The number of rotatable bonds is 3. The fourth-order valence-corrected chi connectivity index (χ4v) is 5.87. The predicted octanol–water partition coefficient (Wildman–Crippen LogP) is 3.42. The molecule has 150 valence electrons. The van der Waals surface area contributed by atoms with Crippen molar-refractivity contribution in [2.75, 3.05) is 40.0 Å². The lowest BCUT2D eigenvalue weighted by Crippen LogP contribution is -2.65. The minimum Gasteiger partial charge on any atom is -0.381 e. The topological polar surface area (TPSA) is 46.1 Å². The Hall–Kier alpha value is -0.0800. The highest BCUT2D eigenvalue weighted by molar-refractivity contribution is 14.0. The number of likely N-dealkylation sites (tertiary alicyclic amines) is 1. The van der Waals surface area contributed by atoms with Gasteiger partial charge in [-0.05, 0) is 50.9 Å². The highest BCUT2D eigenvalue weighted by Gasteiger charge is 2.57. The van der Waals surface area contributed by atoms with Gasteiger partial charge in [-0.1, -0.05) is 12.8 Å². The van der Waals surface area contributed by atoms with Crippen LogP contribution in [0.15, 0.2) is 4.99 Å². The molecule has 6 heteroatoms. The summed E-state index contributed by atoms with van der Waals surface area (Å²) in [5, 5.41) is 3.85. The Bertz CT molecular complexity index is 501. The lowest BCUT2D eigenvalue weighted by atomic mass is 9.60. The van der Waals surface area contributed by atoms with E-state index in [1.165, 1.54) is 44.9 Å². The minimum atomic E-state index is 0. The van der Waals surface area contributed by atoms with E-state index in [4.69, 9.17) is 9.47 Å². The van der Waals surface area contributed by atoms with Crippen LogP contribution < -0.4 is 5.32 Å². The van der Waals surface area contributed by atoms with E-state index in [0.29, 0.717) is 23.0 Å². The molecule has 4 fully saturated rings. The molecule has 0 aromatic rings. The zero-order chi connectivity index (χ0) is 17.3. The Morgan fingerprint density at radius 2 is 1.92 bits per heavy atom. The quantitative estimate of drug-likeness (QED) is 0.385. The van der Waals surface area contributed by atoms with E-state index in [-0.39, 0.29) is 24.0 Å². The number of hydrogen-bond acceptors (Lipinski definition) is 3. The molecule has 4 aliphatic rings. The molecule has 2 spiro atoms. The average Bonchev–Trinajstić information content (AvgIpc) is 3.28. The maximum atomic E-state index is 6.07. The third kappa shape index (κ3) is 3.62. The molecule has 2 aliphatic heterocycles. The first-order valence-corrected chi connectivity index (χ1v) is 10.4. The Morgan fingerprint density at radius 1 is 1.19 bits per heavy atom. The highest BCUT2D eigenvalue weighted by atomic mass is 127. The first-order chi connectivity index (χ1) is 12.2. The van der Waals surface area contributed by atoms with Gasteiger partial charge in [0, 0.05) is 51.4 Å². The predicted molar refractivity (Wildman–Crippen MR) is 115 cm³/mol. The van der Waals surface area contributed by atoms with E-state index in [0.717, 1.165) is 45.3 Å². The largest absolute Gasteiger partial charge is 0.381 e. The van der Waals surface area contributed by atoms with E-state index in [1.807, 2.05) is 7.05 Å². The van der Waals surface area contributed by atoms with Gasteiger partial charge in [-0.2, -0.15) is 0 Å². The summed E-state index contributed by atoms with van der Waals surface area (Å²) in [6.45, 7) is 7.10. The van der Waals surface area contributed by atoms with Crippen LogP contribution in [-0.2, 0) is 9.47 Å².